The van der Waals surface area contributed by atoms with Crippen molar-refractivity contribution in [3.63, 3.8) is 0 Å². The highest BCUT2D eigenvalue weighted by Gasteiger charge is 2.14. The first-order chi connectivity index (χ1) is 8.33. The number of hydrogen-bond donors (Lipinski definition) is 1. The Bertz CT molecular complexity index is 348. The Morgan fingerprint density at radius 3 is 2.82 bits per heavy atom. The van der Waals surface area contributed by atoms with Crippen molar-refractivity contribution in [2.24, 2.45) is 0 Å². The molecule has 1 aromatic heterocycles. The first-order valence-electron chi connectivity index (χ1n) is 6.13. The molecule has 4 nitrogen and oxygen atoms in total. The smallest absolute Gasteiger partial charge is 0.0945 e. The summed E-state index contributed by atoms with van der Waals surface area (Å²) in [5.41, 5.74) is 0.899. The standard InChI is InChI=1S/C12H20N2O2S/c1-16-9-10-11(8-15)17-12(13-10)4-7-14-5-2-3-6-14/h15H,2-9H2,1H3. The maximum atomic E-state index is 9.24. The highest BCUT2D eigenvalue weighted by Crippen LogP contribution is 2.20. The molecule has 0 radical (unpaired) electrons. The Morgan fingerprint density at radius 1 is 1.41 bits per heavy atom. The quantitative estimate of drug-likeness (QED) is 0.836. The van der Waals surface area contributed by atoms with Crippen LogP contribution in [0.2, 0.25) is 0 Å². The summed E-state index contributed by atoms with van der Waals surface area (Å²) >= 11 is 1.62. The number of aromatic nitrogens is 1. The van der Waals surface area contributed by atoms with E-state index in [1.54, 1.807) is 18.4 Å². The molecule has 0 amide bonds. The third kappa shape index (κ3) is 3.48. The lowest BCUT2D eigenvalue weighted by atomic mass is 10.3. The first kappa shape index (κ1) is 13.0. The lowest BCUT2D eigenvalue weighted by Crippen LogP contribution is -2.21. The largest absolute Gasteiger partial charge is 0.391 e. The summed E-state index contributed by atoms with van der Waals surface area (Å²) < 4.78 is 5.08. The lowest BCUT2D eigenvalue weighted by Gasteiger charge is -2.12. The topological polar surface area (TPSA) is 45.6 Å². The summed E-state index contributed by atoms with van der Waals surface area (Å²) in [5, 5.41) is 10.4. The molecule has 1 aromatic rings. The van der Waals surface area contributed by atoms with Gasteiger partial charge in [-0.3, -0.25) is 0 Å². The summed E-state index contributed by atoms with van der Waals surface area (Å²) in [5.74, 6) is 0. The van der Waals surface area contributed by atoms with Crippen LogP contribution in [-0.4, -0.2) is 41.7 Å². The monoisotopic (exact) mass is 256 g/mol. The molecule has 0 saturated carbocycles. The van der Waals surface area contributed by atoms with Crippen molar-refractivity contribution < 1.29 is 9.84 Å². The van der Waals surface area contributed by atoms with E-state index in [4.69, 9.17) is 4.74 Å². The minimum Gasteiger partial charge on any atom is -0.391 e. The molecule has 0 spiro atoms. The van der Waals surface area contributed by atoms with Gasteiger partial charge in [-0.2, -0.15) is 0 Å². The number of hydrogen-bond acceptors (Lipinski definition) is 5. The molecule has 2 heterocycles. The summed E-state index contributed by atoms with van der Waals surface area (Å²) in [4.78, 5) is 7.97. The number of aliphatic hydroxyl groups excluding tert-OH is 1. The van der Waals surface area contributed by atoms with Crippen molar-refractivity contribution in [2.45, 2.75) is 32.5 Å². The molecule has 0 bridgehead atoms. The molecular formula is C12H20N2O2S. The number of methoxy groups -OCH3 is 1. The van der Waals surface area contributed by atoms with E-state index in [-0.39, 0.29) is 6.61 Å². The van der Waals surface area contributed by atoms with E-state index in [1.165, 1.54) is 25.9 Å². The van der Waals surface area contributed by atoms with Gasteiger partial charge in [-0.1, -0.05) is 0 Å². The maximum Gasteiger partial charge on any atom is 0.0945 e. The Balaban J connectivity index is 1.90. The molecule has 0 atom stereocenters. The zero-order valence-corrected chi connectivity index (χ0v) is 11.1. The molecule has 17 heavy (non-hydrogen) atoms. The zero-order valence-electron chi connectivity index (χ0n) is 10.3. The van der Waals surface area contributed by atoms with Crippen LogP contribution in [-0.2, 0) is 24.4 Å². The average molecular weight is 256 g/mol. The van der Waals surface area contributed by atoms with Crippen molar-refractivity contribution in [1.29, 1.82) is 0 Å². The molecule has 5 heteroatoms. The third-order valence-electron chi connectivity index (χ3n) is 3.09. The van der Waals surface area contributed by atoms with Crippen molar-refractivity contribution in [3.05, 3.63) is 15.6 Å². The van der Waals surface area contributed by atoms with Gasteiger partial charge in [-0.05, 0) is 25.9 Å². The fourth-order valence-corrected chi connectivity index (χ4v) is 3.10. The second-order valence-corrected chi connectivity index (χ2v) is 5.54. The van der Waals surface area contributed by atoms with Gasteiger partial charge in [0.2, 0.25) is 0 Å². The molecule has 0 unspecified atom stereocenters. The minimum atomic E-state index is 0.0695. The van der Waals surface area contributed by atoms with Crippen LogP contribution < -0.4 is 0 Å². The van der Waals surface area contributed by atoms with Gasteiger partial charge in [0.1, 0.15) is 0 Å². The van der Waals surface area contributed by atoms with Gasteiger partial charge >= 0.3 is 0 Å². The summed E-state index contributed by atoms with van der Waals surface area (Å²) in [6.07, 6.45) is 3.64. The lowest BCUT2D eigenvalue weighted by molar-refractivity contribution is 0.178. The molecule has 1 aliphatic rings. The molecule has 1 saturated heterocycles. The van der Waals surface area contributed by atoms with E-state index >= 15 is 0 Å². The van der Waals surface area contributed by atoms with Crippen molar-refractivity contribution >= 4 is 11.3 Å². The number of ether oxygens (including phenoxy) is 1. The van der Waals surface area contributed by atoms with Gasteiger partial charge in [0, 0.05) is 20.1 Å². The van der Waals surface area contributed by atoms with Crippen molar-refractivity contribution in [2.75, 3.05) is 26.7 Å². The summed E-state index contributed by atoms with van der Waals surface area (Å²) in [6.45, 7) is 4.10. The Morgan fingerprint density at radius 2 is 2.18 bits per heavy atom. The van der Waals surface area contributed by atoms with E-state index < -0.39 is 0 Å². The van der Waals surface area contributed by atoms with Gasteiger partial charge in [-0.15, -0.1) is 11.3 Å². The second kappa shape index (κ2) is 6.44. The molecule has 0 aliphatic carbocycles. The van der Waals surface area contributed by atoms with Crippen molar-refractivity contribution in [3.8, 4) is 0 Å². The van der Waals surface area contributed by atoms with Crippen LogP contribution in [0.3, 0.4) is 0 Å². The van der Waals surface area contributed by atoms with E-state index in [9.17, 15) is 5.11 Å². The fourth-order valence-electron chi connectivity index (χ4n) is 2.18. The number of nitrogens with zero attached hydrogens (tertiary/aromatic N) is 2. The molecule has 2 rings (SSSR count). The van der Waals surface area contributed by atoms with Crippen LogP contribution >= 0.6 is 11.3 Å². The van der Waals surface area contributed by atoms with Gasteiger partial charge < -0.3 is 14.7 Å². The van der Waals surface area contributed by atoms with Gasteiger partial charge in [0.05, 0.1) is 28.8 Å². The van der Waals surface area contributed by atoms with Gasteiger partial charge in [0.15, 0.2) is 0 Å². The molecule has 1 fully saturated rings. The minimum absolute atomic E-state index is 0.0695. The number of rotatable bonds is 6. The third-order valence-corrected chi connectivity index (χ3v) is 4.23. The second-order valence-electron chi connectivity index (χ2n) is 4.37. The maximum absolute atomic E-state index is 9.24. The normalized spacial score (nSPS) is 16.8. The molecule has 0 aromatic carbocycles. The van der Waals surface area contributed by atoms with Crippen LogP contribution in [0.15, 0.2) is 0 Å². The predicted molar refractivity (Wildman–Crippen MR) is 68.1 cm³/mol. The molecule has 1 aliphatic heterocycles. The highest BCUT2D eigenvalue weighted by molar-refractivity contribution is 7.11. The van der Waals surface area contributed by atoms with Crippen LogP contribution in [0.25, 0.3) is 0 Å². The number of thiazole rings is 1. The van der Waals surface area contributed by atoms with Crippen LogP contribution in [0.4, 0.5) is 0 Å². The summed E-state index contributed by atoms with van der Waals surface area (Å²) in [7, 11) is 1.66. The average Bonchev–Trinajstić information content (AvgIpc) is 2.95. The Labute approximate surface area is 106 Å². The van der Waals surface area contributed by atoms with Crippen LogP contribution in [0.1, 0.15) is 28.4 Å². The van der Waals surface area contributed by atoms with Gasteiger partial charge in [-0.25, -0.2) is 4.98 Å². The fraction of sp³-hybridized carbons (Fsp3) is 0.750. The van der Waals surface area contributed by atoms with E-state index in [2.05, 4.69) is 9.88 Å². The zero-order chi connectivity index (χ0) is 12.1. The Hall–Kier alpha value is -0.490. The number of aliphatic hydroxyl groups is 1. The highest BCUT2D eigenvalue weighted by atomic mass is 32.1. The van der Waals surface area contributed by atoms with E-state index in [0.717, 1.165) is 28.5 Å². The predicted octanol–water partition coefficient (Wildman–Crippen LogP) is 1.42. The SMILES string of the molecule is COCc1nc(CCN2CCCC2)sc1CO. The van der Waals surface area contributed by atoms with E-state index in [1.807, 2.05) is 0 Å². The first-order valence-corrected chi connectivity index (χ1v) is 6.94. The molecule has 96 valence electrons. The summed E-state index contributed by atoms with van der Waals surface area (Å²) in [6, 6.07) is 0. The molecular weight excluding hydrogens is 236 g/mol. The van der Waals surface area contributed by atoms with Crippen molar-refractivity contribution in [1.82, 2.24) is 9.88 Å². The van der Waals surface area contributed by atoms with E-state index in [0.29, 0.717) is 6.61 Å². The van der Waals surface area contributed by atoms with Gasteiger partial charge in [0.25, 0.3) is 0 Å². The van der Waals surface area contributed by atoms with Crippen LogP contribution in [0.5, 0.6) is 0 Å². The molecule has 1 N–H and O–H groups in total. The Kier molecular flexibility index (Phi) is 4.91. The number of likely N-dealkylation sites (tertiary alicyclic amines) is 1. The van der Waals surface area contributed by atoms with Crippen LogP contribution in [0, 0.1) is 0 Å².